The van der Waals surface area contributed by atoms with Gasteiger partial charge in [0, 0.05) is 19.4 Å². The lowest BCUT2D eigenvalue weighted by molar-refractivity contribution is -0.163. The predicted octanol–water partition coefficient (Wildman–Crippen LogP) is 18.1. The molecule has 0 saturated carbocycles. The number of carbonyl (C=O) groups is 2. The first kappa shape index (κ1) is 59.6. The molecule has 0 spiro atoms. The summed E-state index contributed by atoms with van der Waals surface area (Å²) in [6.45, 7) is 7.73. The van der Waals surface area contributed by atoms with Gasteiger partial charge in [0.2, 0.25) is 0 Å². The summed E-state index contributed by atoms with van der Waals surface area (Å²) in [6.07, 6.45) is 66.6. The molecule has 0 heterocycles. The van der Waals surface area contributed by atoms with Gasteiger partial charge in [-0.1, -0.05) is 210 Å². The Bertz CT molecular complexity index is 1070. The minimum Gasteiger partial charge on any atom is -0.462 e. The van der Waals surface area contributed by atoms with Crippen LogP contribution in [0, 0.1) is 0 Å². The molecule has 0 rings (SSSR count). The lowest BCUT2D eigenvalue weighted by Crippen LogP contribution is -2.30. The first-order valence-electron chi connectivity index (χ1n) is 26.8. The lowest BCUT2D eigenvalue weighted by Gasteiger charge is -2.18. The molecule has 62 heavy (non-hydrogen) atoms. The highest BCUT2D eigenvalue weighted by Gasteiger charge is 2.17. The fourth-order valence-electron chi connectivity index (χ4n) is 7.43. The molecule has 1 atom stereocenters. The van der Waals surface area contributed by atoms with Crippen LogP contribution in [0.1, 0.15) is 265 Å². The van der Waals surface area contributed by atoms with Crippen LogP contribution in [0.25, 0.3) is 0 Å². The molecule has 0 aromatic rings. The standard InChI is InChI=1S/C57H102O5/c1-4-7-10-13-16-19-22-24-26-27-28-29-30-32-34-37-40-43-46-49-52-60-53-55(62-57(59)51-48-45-42-39-35-21-18-15-12-9-6-3)54-61-56(58)50-47-44-41-38-36-33-31-25-23-20-17-14-11-8-5-2/h15-20,24-26,31,55H,4-14,21-23,27-30,32-54H2,1-3H3/b18-15-,19-16-,20-17-,26-24-,31-25-. The normalized spacial score (nSPS) is 12.6. The summed E-state index contributed by atoms with van der Waals surface area (Å²) in [6, 6.07) is 0. The molecule has 0 saturated heterocycles. The largest absolute Gasteiger partial charge is 0.462 e. The van der Waals surface area contributed by atoms with Crippen molar-refractivity contribution in [1.29, 1.82) is 0 Å². The SMILES string of the molecule is CCCC/C=C\CCCCCCCC(=O)OC(COCCCCCCCCCCCC/C=C\C/C=C\CCCCC)COC(=O)CCCCCCC/C=C\C/C=C\CCCCC. The van der Waals surface area contributed by atoms with Crippen LogP contribution in [0.15, 0.2) is 60.8 Å². The van der Waals surface area contributed by atoms with Crippen LogP contribution in [-0.4, -0.2) is 37.9 Å². The fraction of sp³-hybridized carbons (Fsp3) is 0.789. The zero-order valence-electron chi connectivity index (χ0n) is 41.4. The fourth-order valence-corrected chi connectivity index (χ4v) is 7.43. The van der Waals surface area contributed by atoms with E-state index in [1.54, 1.807) is 0 Å². The van der Waals surface area contributed by atoms with Crippen molar-refractivity contribution >= 4 is 11.9 Å². The lowest BCUT2D eigenvalue weighted by atomic mass is 10.1. The van der Waals surface area contributed by atoms with Gasteiger partial charge in [-0.2, -0.15) is 0 Å². The summed E-state index contributed by atoms with van der Waals surface area (Å²) in [5.74, 6) is -0.420. The van der Waals surface area contributed by atoms with Crippen LogP contribution < -0.4 is 0 Å². The molecule has 0 amide bonds. The summed E-state index contributed by atoms with van der Waals surface area (Å²) in [4.78, 5) is 25.4. The number of hydrogen-bond acceptors (Lipinski definition) is 5. The van der Waals surface area contributed by atoms with E-state index in [2.05, 4.69) is 81.5 Å². The molecule has 0 aromatic carbocycles. The van der Waals surface area contributed by atoms with Crippen LogP contribution in [0.5, 0.6) is 0 Å². The Labute approximate surface area is 385 Å². The Balaban J connectivity index is 4.23. The summed E-state index contributed by atoms with van der Waals surface area (Å²) < 4.78 is 17.4. The van der Waals surface area contributed by atoms with Crippen LogP contribution in [0.3, 0.4) is 0 Å². The third-order valence-electron chi connectivity index (χ3n) is 11.5. The van der Waals surface area contributed by atoms with Crippen molar-refractivity contribution in [3.05, 3.63) is 60.8 Å². The highest BCUT2D eigenvalue weighted by molar-refractivity contribution is 5.70. The van der Waals surface area contributed by atoms with Crippen molar-refractivity contribution in [3.8, 4) is 0 Å². The van der Waals surface area contributed by atoms with Crippen molar-refractivity contribution < 1.29 is 23.8 Å². The van der Waals surface area contributed by atoms with Gasteiger partial charge in [0.25, 0.3) is 0 Å². The molecule has 5 heteroatoms. The molecule has 1 unspecified atom stereocenters. The number of esters is 2. The number of allylic oxidation sites excluding steroid dienone is 10. The van der Waals surface area contributed by atoms with E-state index < -0.39 is 6.10 Å². The van der Waals surface area contributed by atoms with Crippen LogP contribution in [-0.2, 0) is 23.8 Å². The average molecular weight is 867 g/mol. The van der Waals surface area contributed by atoms with Gasteiger partial charge in [-0.25, -0.2) is 0 Å². The molecule has 0 aromatic heterocycles. The Kier molecular flexibility index (Phi) is 50.9. The van der Waals surface area contributed by atoms with Gasteiger partial charge in [-0.15, -0.1) is 0 Å². The third-order valence-corrected chi connectivity index (χ3v) is 11.5. The second-order valence-electron chi connectivity index (χ2n) is 17.8. The van der Waals surface area contributed by atoms with Gasteiger partial charge in [-0.3, -0.25) is 9.59 Å². The second kappa shape index (κ2) is 52.9. The topological polar surface area (TPSA) is 61.8 Å². The Morgan fingerprint density at radius 3 is 1.13 bits per heavy atom. The number of ether oxygens (including phenoxy) is 3. The Morgan fingerprint density at radius 2 is 0.694 bits per heavy atom. The zero-order chi connectivity index (χ0) is 44.9. The van der Waals surface area contributed by atoms with E-state index in [0.29, 0.717) is 19.4 Å². The van der Waals surface area contributed by atoms with Crippen LogP contribution >= 0.6 is 0 Å². The molecule has 0 aliphatic rings. The highest BCUT2D eigenvalue weighted by Crippen LogP contribution is 2.14. The second-order valence-corrected chi connectivity index (χ2v) is 17.8. The summed E-state index contributed by atoms with van der Waals surface area (Å²) in [5, 5.41) is 0. The number of rotatable bonds is 49. The maximum Gasteiger partial charge on any atom is 0.306 e. The molecular formula is C57H102O5. The first-order chi connectivity index (χ1) is 30.6. The number of carbonyl (C=O) groups excluding carboxylic acids is 2. The van der Waals surface area contributed by atoms with Crippen LogP contribution in [0.4, 0.5) is 0 Å². The molecule has 0 bridgehead atoms. The molecule has 0 radical (unpaired) electrons. The Morgan fingerprint density at radius 1 is 0.355 bits per heavy atom. The van der Waals surface area contributed by atoms with E-state index in [1.807, 2.05) is 0 Å². The average Bonchev–Trinajstić information content (AvgIpc) is 3.27. The van der Waals surface area contributed by atoms with Gasteiger partial charge in [0.1, 0.15) is 6.61 Å². The van der Waals surface area contributed by atoms with Crippen molar-refractivity contribution in [3.63, 3.8) is 0 Å². The maximum absolute atomic E-state index is 12.8. The highest BCUT2D eigenvalue weighted by atomic mass is 16.6. The summed E-state index contributed by atoms with van der Waals surface area (Å²) >= 11 is 0. The van der Waals surface area contributed by atoms with Gasteiger partial charge < -0.3 is 14.2 Å². The van der Waals surface area contributed by atoms with Crippen molar-refractivity contribution in [2.45, 2.75) is 271 Å². The van der Waals surface area contributed by atoms with E-state index in [4.69, 9.17) is 14.2 Å². The third kappa shape index (κ3) is 50.2. The monoisotopic (exact) mass is 867 g/mol. The van der Waals surface area contributed by atoms with Gasteiger partial charge in [0.15, 0.2) is 6.10 Å². The van der Waals surface area contributed by atoms with Crippen molar-refractivity contribution in [1.82, 2.24) is 0 Å². The molecule has 360 valence electrons. The number of hydrogen-bond donors (Lipinski definition) is 0. The van der Waals surface area contributed by atoms with E-state index in [9.17, 15) is 9.59 Å². The number of unbranched alkanes of at least 4 members (excludes halogenated alkanes) is 28. The van der Waals surface area contributed by atoms with E-state index in [1.165, 1.54) is 154 Å². The van der Waals surface area contributed by atoms with Crippen molar-refractivity contribution in [2.75, 3.05) is 19.8 Å². The molecular weight excluding hydrogens is 765 g/mol. The predicted molar refractivity (Wildman–Crippen MR) is 270 cm³/mol. The molecule has 0 N–H and O–H groups in total. The Hall–Kier alpha value is -2.40. The van der Waals surface area contributed by atoms with E-state index in [-0.39, 0.29) is 25.2 Å². The maximum atomic E-state index is 12.8. The minimum atomic E-state index is -0.547. The molecule has 5 nitrogen and oxygen atoms in total. The zero-order valence-corrected chi connectivity index (χ0v) is 41.4. The van der Waals surface area contributed by atoms with E-state index in [0.717, 1.165) is 77.0 Å². The molecule has 0 aliphatic heterocycles. The van der Waals surface area contributed by atoms with Gasteiger partial charge in [-0.05, 0) is 103 Å². The summed E-state index contributed by atoms with van der Waals surface area (Å²) in [7, 11) is 0. The quantitative estimate of drug-likeness (QED) is 0.0346. The van der Waals surface area contributed by atoms with Crippen molar-refractivity contribution in [2.24, 2.45) is 0 Å². The minimum absolute atomic E-state index is 0.0736. The van der Waals surface area contributed by atoms with Gasteiger partial charge >= 0.3 is 11.9 Å². The first-order valence-corrected chi connectivity index (χ1v) is 26.8. The van der Waals surface area contributed by atoms with Gasteiger partial charge in [0.05, 0.1) is 6.61 Å². The molecule has 0 aliphatic carbocycles. The molecule has 0 fully saturated rings. The van der Waals surface area contributed by atoms with E-state index >= 15 is 0 Å². The smallest absolute Gasteiger partial charge is 0.306 e. The summed E-state index contributed by atoms with van der Waals surface area (Å²) in [5.41, 5.74) is 0. The van der Waals surface area contributed by atoms with Crippen LogP contribution in [0.2, 0.25) is 0 Å².